The van der Waals surface area contributed by atoms with Gasteiger partial charge in [0.15, 0.2) is 5.82 Å². The molecule has 14 rings (SSSR count). The van der Waals surface area contributed by atoms with Gasteiger partial charge in [0.25, 0.3) is 0 Å². The fourth-order valence-electron chi connectivity index (χ4n) is 10.8. The zero-order valence-corrected chi connectivity index (χ0v) is 37.4. The predicted molar refractivity (Wildman–Crippen MR) is 287 cm³/mol. The summed E-state index contributed by atoms with van der Waals surface area (Å²) in [6.45, 7) is 0. The zero-order chi connectivity index (χ0) is 45.4. The van der Waals surface area contributed by atoms with E-state index in [4.69, 9.17) is 9.97 Å². The van der Waals surface area contributed by atoms with E-state index in [1.807, 2.05) is 12.1 Å². The van der Waals surface area contributed by atoms with E-state index in [0.29, 0.717) is 5.82 Å². The Kier molecular flexibility index (Phi) is 8.83. The minimum Gasteiger partial charge on any atom is -0.309 e. The SMILES string of the molecule is c1ccc(-c2cc(-c3ccccc3)nc(-c3ccccc3-c3ccccc3-n3c4ccc(-n5c6ccccc6c6ccccc65)cc4c4cc(-n5c6ccccc6c6ccccc65)ccc43)n2)cc1. The molecule has 0 saturated heterocycles. The second-order valence-electron chi connectivity index (χ2n) is 17.7. The summed E-state index contributed by atoms with van der Waals surface area (Å²) in [5, 5.41) is 7.30. The molecule has 322 valence electrons. The van der Waals surface area contributed by atoms with Crippen LogP contribution in [-0.4, -0.2) is 23.7 Å². The van der Waals surface area contributed by atoms with Crippen molar-refractivity contribution in [3.63, 3.8) is 0 Å². The number of rotatable bonds is 7. The Morgan fingerprint density at radius 2 is 0.609 bits per heavy atom. The van der Waals surface area contributed by atoms with E-state index in [1.54, 1.807) is 0 Å². The largest absolute Gasteiger partial charge is 0.309 e. The third kappa shape index (κ3) is 6.18. The molecule has 0 amide bonds. The molecule has 0 aliphatic carbocycles. The second-order valence-corrected chi connectivity index (χ2v) is 17.7. The van der Waals surface area contributed by atoms with E-state index >= 15 is 0 Å². The van der Waals surface area contributed by atoms with Crippen molar-refractivity contribution in [2.45, 2.75) is 0 Å². The van der Waals surface area contributed by atoms with Gasteiger partial charge in [0.05, 0.1) is 50.2 Å². The van der Waals surface area contributed by atoms with Crippen molar-refractivity contribution < 1.29 is 0 Å². The van der Waals surface area contributed by atoms with Gasteiger partial charge in [0.1, 0.15) is 0 Å². The summed E-state index contributed by atoms with van der Waals surface area (Å²) in [6, 6.07) is 89.2. The lowest BCUT2D eigenvalue weighted by molar-refractivity contribution is 1.16. The van der Waals surface area contributed by atoms with Gasteiger partial charge in [-0.3, -0.25) is 0 Å². The fraction of sp³-hybridized carbons (Fsp3) is 0. The minimum absolute atomic E-state index is 0.675. The summed E-state index contributed by atoms with van der Waals surface area (Å²) >= 11 is 0. The lowest BCUT2D eigenvalue weighted by atomic mass is 9.96. The third-order valence-corrected chi connectivity index (χ3v) is 13.9. The first-order chi connectivity index (χ1) is 34.2. The average Bonchev–Trinajstić information content (AvgIpc) is 4.06. The average molecular weight is 880 g/mol. The number of fused-ring (bicyclic) bond motifs is 9. The van der Waals surface area contributed by atoms with E-state index in [9.17, 15) is 0 Å². The zero-order valence-electron chi connectivity index (χ0n) is 37.4. The summed E-state index contributed by atoms with van der Waals surface area (Å²) in [5.74, 6) is 0.675. The molecule has 5 nitrogen and oxygen atoms in total. The van der Waals surface area contributed by atoms with Crippen LogP contribution in [-0.2, 0) is 0 Å². The van der Waals surface area contributed by atoms with Crippen LogP contribution in [0.15, 0.2) is 249 Å². The Balaban J connectivity index is 1.02. The minimum atomic E-state index is 0.675. The quantitative estimate of drug-likeness (QED) is 0.160. The molecular weight excluding hydrogens is 839 g/mol. The van der Waals surface area contributed by atoms with Crippen molar-refractivity contribution in [3.8, 4) is 62.1 Å². The Morgan fingerprint density at radius 3 is 1.07 bits per heavy atom. The molecule has 0 aliphatic rings. The van der Waals surface area contributed by atoms with Crippen molar-refractivity contribution >= 4 is 65.4 Å². The van der Waals surface area contributed by atoms with Crippen LogP contribution in [0.1, 0.15) is 0 Å². The predicted octanol–water partition coefficient (Wildman–Crippen LogP) is 16.4. The van der Waals surface area contributed by atoms with Gasteiger partial charge in [-0.1, -0.05) is 176 Å². The summed E-state index contributed by atoms with van der Waals surface area (Å²) < 4.78 is 7.29. The molecule has 0 bridgehead atoms. The Bertz CT molecular complexity index is 3970. The summed E-state index contributed by atoms with van der Waals surface area (Å²) in [5.41, 5.74) is 17.2. The van der Waals surface area contributed by atoms with Crippen molar-refractivity contribution in [1.82, 2.24) is 23.7 Å². The van der Waals surface area contributed by atoms with Crippen LogP contribution >= 0.6 is 0 Å². The molecule has 0 aliphatic heterocycles. The van der Waals surface area contributed by atoms with Crippen LogP contribution in [0.2, 0.25) is 0 Å². The van der Waals surface area contributed by atoms with Gasteiger partial charge in [-0.2, -0.15) is 0 Å². The lowest BCUT2D eigenvalue weighted by Crippen LogP contribution is -2.00. The van der Waals surface area contributed by atoms with Crippen molar-refractivity contribution in [3.05, 3.63) is 249 Å². The Hall–Kier alpha value is -9.32. The molecule has 0 spiro atoms. The van der Waals surface area contributed by atoms with Gasteiger partial charge < -0.3 is 13.7 Å². The highest BCUT2D eigenvalue weighted by molar-refractivity contribution is 6.14. The maximum absolute atomic E-state index is 5.31. The van der Waals surface area contributed by atoms with Crippen LogP contribution in [0.5, 0.6) is 0 Å². The molecule has 0 fully saturated rings. The van der Waals surface area contributed by atoms with E-state index in [1.165, 1.54) is 54.4 Å². The summed E-state index contributed by atoms with van der Waals surface area (Å²) in [7, 11) is 0. The van der Waals surface area contributed by atoms with E-state index in [2.05, 4.69) is 250 Å². The van der Waals surface area contributed by atoms with Gasteiger partial charge in [-0.25, -0.2) is 9.97 Å². The summed E-state index contributed by atoms with van der Waals surface area (Å²) in [4.78, 5) is 10.6. The van der Waals surface area contributed by atoms with Crippen molar-refractivity contribution in [2.75, 3.05) is 0 Å². The van der Waals surface area contributed by atoms with Crippen LogP contribution < -0.4 is 0 Å². The molecule has 0 radical (unpaired) electrons. The lowest BCUT2D eigenvalue weighted by Gasteiger charge is -2.17. The molecular formula is C64H41N5. The highest BCUT2D eigenvalue weighted by atomic mass is 15.0. The molecule has 0 atom stereocenters. The second kappa shape index (κ2) is 15.7. The van der Waals surface area contributed by atoms with Gasteiger partial charge in [-0.15, -0.1) is 0 Å². The maximum Gasteiger partial charge on any atom is 0.161 e. The Labute approximate surface area is 398 Å². The van der Waals surface area contributed by atoms with Crippen molar-refractivity contribution in [2.24, 2.45) is 0 Å². The molecule has 5 heteroatoms. The number of hydrogen-bond donors (Lipinski definition) is 0. The molecule has 4 heterocycles. The molecule has 10 aromatic carbocycles. The highest BCUT2D eigenvalue weighted by Gasteiger charge is 2.22. The van der Waals surface area contributed by atoms with Gasteiger partial charge in [0.2, 0.25) is 0 Å². The summed E-state index contributed by atoms with van der Waals surface area (Å²) in [6.07, 6.45) is 0. The Morgan fingerprint density at radius 1 is 0.246 bits per heavy atom. The monoisotopic (exact) mass is 879 g/mol. The number of aromatic nitrogens is 5. The van der Waals surface area contributed by atoms with Crippen LogP contribution in [0.4, 0.5) is 0 Å². The molecule has 69 heavy (non-hydrogen) atoms. The first-order valence-corrected chi connectivity index (χ1v) is 23.5. The first kappa shape index (κ1) is 38.9. The van der Waals surface area contributed by atoms with Gasteiger partial charge >= 0.3 is 0 Å². The van der Waals surface area contributed by atoms with Gasteiger partial charge in [0, 0.05) is 65.9 Å². The molecule has 0 N–H and O–H groups in total. The molecule has 4 aromatic heterocycles. The van der Waals surface area contributed by atoms with E-state index in [-0.39, 0.29) is 0 Å². The molecule has 0 unspecified atom stereocenters. The normalized spacial score (nSPS) is 11.8. The van der Waals surface area contributed by atoms with E-state index in [0.717, 1.165) is 67.3 Å². The van der Waals surface area contributed by atoms with Crippen LogP contribution in [0, 0.1) is 0 Å². The number of hydrogen-bond acceptors (Lipinski definition) is 2. The maximum atomic E-state index is 5.31. The topological polar surface area (TPSA) is 40.6 Å². The van der Waals surface area contributed by atoms with Crippen LogP contribution in [0.3, 0.4) is 0 Å². The number of nitrogens with zero attached hydrogens (tertiary/aromatic N) is 5. The number of benzene rings is 10. The van der Waals surface area contributed by atoms with Crippen molar-refractivity contribution in [1.29, 1.82) is 0 Å². The van der Waals surface area contributed by atoms with E-state index < -0.39 is 0 Å². The number of para-hydroxylation sites is 5. The fourth-order valence-corrected chi connectivity index (χ4v) is 10.8. The highest BCUT2D eigenvalue weighted by Crippen LogP contribution is 2.43. The molecule has 0 saturated carbocycles. The third-order valence-electron chi connectivity index (χ3n) is 13.9. The van der Waals surface area contributed by atoms with Gasteiger partial charge in [-0.05, 0) is 78.4 Å². The first-order valence-electron chi connectivity index (χ1n) is 23.5. The van der Waals surface area contributed by atoms with Crippen LogP contribution in [0.25, 0.3) is 128 Å². The standard InChI is InChI=1S/C64H41N5/c1-3-19-42(20-4-1)55-41-56(43-21-5-2-6-22-43)66-64(65-55)52-29-8-7-23-46(52)47-24-9-18-34-61(47)69-62-37-35-44(67-57-30-14-10-25-48(57)49-26-11-15-31-58(49)67)39-53(62)54-40-45(36-38-63(54)69)68-59-32-16-12-27-50(59)51-28-13-17-33-60(51)68/h1-41H. The smallest absolute Gasteiger partial charge is 0.161 e. The molecule has 14 aromatic rings.